The van der Waals surface area contributed by atoms with Crippen molar-refractivity contribution in [2.75, 3.05) is 19.0 Å². The topological polar surface area (TPSA) is 89.1 Å². The molecular weight excluding hydrogens is 328 g/mol. The average molecular weight is 341 g/mol. The maximum absolute atomic E-state index is 11.6. The molecule has 1 aromatic heterocycles. The van der Waals surface area contributed by atoms with Crippen molar-refractivity contribution in [2.45, 2.75) is 6.42 Å². The van der Waals surface area contributed by atoms with Crippen LogP contribution in [0.25, 0.3) is 0 Å². The smallest absolute Gasteiger partial charge is 0.336 e. The van der Waals surface area contributed by atoms with Crippen LogP contribution in [0.5, 0.6) is 11.8 Å². The molecule has 2 aromatic rings. The van der Waals surface area contributed by atoms with Crippen molar-refractivity contribution in [1.82, 2.24) is 15.2 Å². The maximum Gasteiger partial charge on any atom is 0.336 e. The highest BCUT2D eigenvalue weighted by atomic mass is 79.9. The number of hydrogen-bond acceptors (Lipinski definition) is 5. The minimum absolute atomic E-state index is 0.172. The van der Waals surface area contributed by atoms with E-state index in [0.29, 0.717) is 5.75 Å². The van der Waals surface area contributed by atoms with Crippen LogP contribution in [0.15, 0.2) is 28.7 Å². The van der Waals surface area contributed by atoms with E-state index >= 15 is 0 Å². The first-order valence-corrected chi connectivity index (χ1v) is 6.61. The van der Waals surface area contributed by atoms with Gasteiger partial charge in [0, 0.05) is 4.47 Å². The van der Waals surface area contributed by atoms with Crippen molar-refractivity contribution in [3.63, 3.8) is 0 Å². The van der Waals surface area contributed by atoms with Gasteiger partial charge in [-0.25, -0.2) is 5.10 Å². The quantitative estimate of drug-likeness (QED) is 0.839. The molecule has 0 unspecified atom stereocenters. The summed E-state index contributed by atoms with van der Waals surface area (Å²) < 4.78 is 11.2. The lowest BCUT2D eigenvalue weighted by Crippen LogP contribution is -2.16. The first-order chi connectivity index (χ1) is 9.67. The highest BCUT2D eigenvalue weighted by molar-refractivity contribution is 9.10. The van der Waals surface area contributed by atoms with Gasteiger partial charge in [-0.05, 0) is 18.2 Å². The number of ether oxygens (including phenoxy) is 2. The fourth-order valence-corrected chi connectivity index (χ4v) is 1.78. The van der Waals surface area contributed by atoms with Gasteiger partial charge in [-0.3, -0.25) is 10.1 Å². The van der Waals surface area contributed by atoms with Gasteiger partial charge in [-0.15, -0.1) is 5.10 Å². The van der Waals surface area contributed by atoms with Crippen LogP contribution in [-0.4, -0.2) is 34.8 Å². The highest BCUT2D eigenvalue weighted by Gasteiger charge is 2.07. The SMILES string of the molecule is COc1n[nH]c(NC(=O)CCOc2cccc(Br)c2)n1. The Bertz CT molecular complexity index is 588. The Labute approximate surface area is 123 Å². The van der Waals surface area contributed by atoms with E-state index in [1.807, 2.05) is 24.3 Å². The van der Waals surface area contributed by atoms with E-state index in [9.17, 15) is 4.79 Å². The molecule has 0 radical (unpaired) electrons. The standard InChI is InChI=1S/C12H13BrN4O3/c1-19-12-15-11(16-17-12)14-10(18)5-6-20-9-4-2-3-8(13)7-9/h2-4,7H,5-6H2,1H3,(H2,14,15,16,17,18). The summed E-state index contributed by atoms with van der Waals surface area (Å²) in [5.74, 6) is 0.724. The number of anilines is 1. The van der Waals surface area contributed by atoms with Gasteiger partial charge in [0.15, 0.2) is 0 Å². The number of nitrogens with one attached hydrogen (secondary N) is 2. The molecule has 0 atom stereocenters. The molecule has 8 heteroatoms. The van der Waals surface area contributed by atoms with E-state index in [2.05, 4.69) is 36.4 Å². The molecule has 20 heavy (non-hydrogen) atoms. The lowest BCUT2D eigenvalue weighted by Gasteiger charge is -2.06. The molecule has 0 spiro atoms. The Morgan fingerprint density at radius 1 is 1.50 bits per heavy atom. The number of methoxy groups -OCH3 is 1. The summed E-state index contributed by atoms with van der Waals surface area (Å²) in [5, 5.41) is 8.81. The summed E-state index contributed by atoms with van der Waals surface area (Å²) in [6.45, 7) is 0.271. The van der Waals surface area contributed by atoms with Crippen molar-refractivity contribution in [3.05, 3.63) is 28.7 Å². The minimum Gasteiger partial charge on any atom is -0.493 e. The second kappa shape index (κ2) is 6.90. The Morgan fingerprint density at radius 3 is 3.05 bits per heavy atom. The third-order valence-electron chi connectivity index (χ3n) is 2.30. The lowest BCUT2D eigenvalue weighted by molar-refractivity contribution is -0.116. The second-order valence-corrected chi connectivity index (χ2v) is 4.69. The van der Waals surface area contributed by atoms with Crippen molar-refractivity contribution in [2.24, 2.45) is 0 Å². The number of amides is 1. The predicted molar refractivity (Wildman–Crippen MR) is 75.8 cm³/mol. The van der Waals surface area contributed by atoms with E-state index < -0.39 is 0 Å². The zero-order valence-corrected chi connectivity index (χ0v) is 12.3. The van der Waals surface area contributed by atoms with E-state index in [1.165, 1.54) is 7.11 Å². The molecule has 0 saturated carbocycles. The van der Waals surface area contributed by atoms with Crippen LogP contribution < -0.4 is 14.8 Å². The molecule has 0 aliphatic rings. The Hall–Kier alpha value is -2.09. The first-order valence-electron chi connectivity index (χ1n) is 5.82. The van der Waals surface area contributed by atoms with Crippen LogP contribution in [0, 0.1) is 0 Å². The van der Waals surface area contributed by atoms with Crippen LogP contribution in [0.1, 0.15) is 6.42 Å². The minimum atomic E-state index is -0.223. The van der Waals surface area contributed by atoms with Crippen molar-refractivity contribution >= 4 is 27.8 Å². The van der Waals surface area contributed by atoms with Crippen LogP contribution in [0.3, 0.4) is 0 Å². The Kier molecular flexibility index (Phi) is 4.94. The number of nitrogens with zero attached hydrogens (tertiary/aromatic N) is 2. The molecule has 1 aromatic carbocycles. The summed E-state index contributed by atoms with van der Waals surface area (Å²) in [4.78, 5) is 15.5. The largest absolute Gasteiger partial charge is 0.493 e. The van der Waals surface area contributed by atoms with Crippen molar-refractivity contribution in [1.29, 1.82) is 0 Å². The second-order valence-electron chi connectivity index (χ2n) is 3.77. The molecule has 0 saturated heterocycles. The highest BCUT2D eigenvalue weighted by Crippen LogP contribution is 2.17. The molecule has 0 bridgehead atoms. The van der Waals surface area contributed by atoms with Crippen molar-refractivity contribution in [3.8, 4) is 11.8 Å². The normalized spacial score (nSPS) is 10.1. The number of rotatable bonds is 6. The number of halogens is 1. The number of aromatic amines is 1. The summed E-state index contributed by atoms with van der Waals surface area (Å²) in [6, 6.07) is 7.59. The molecule has 2 rings (SSSR count). The van der Waals surface area contributed by atoms with Gasteiger partial charge in [0.1, 0.15) is 5.75 Å². The lowest BCUT2D eigenvalue weighted by atomic mass is 10.3. The van der Waals surface area contributed by atoms with Gasteiger partial charge in [0.05, 0.1) is 20.1 Å². The molecule has 7 nitrogen and oxygen atoms in total. The van der Waals surface area contributed by atoms with Crippen LogP contribution in [0.4, 0.5) is 5.95 Å². The molecule has 1 amide bonds. The Morgan fingerprint density at radius 2 is 2.35 bits per heavy atom. The van der Waals surface area contributed by atoms with Gasteiger partial charge in [0.2, 0.25) is 11.9 Å². The van der Waals surface area contributed by atoms with Gasteiger partial charge < -0.3 is 9.47 Å². The summed E-state index contributed by atoms with van der Waals surface area (Å²) in [6.07, 6.45) is 0.204. The zero-order valence-electron chi connectivity index (χ0n) is 10.7. The maximum atomic E-state index is 11.6. The van der Waals surface area contributed by atoms with Gasteiger partial charge in [-0.1, -0.05) is 22.0 Å². The average Bonchev–Trinajstić information content (AvgIpc) is 2.86. The van der Waals surface area contributed by atoms with E-state index in [-0.39, 0.29) is 30.9 Å². The molecule has 1 heterocycles. The third-order valence-corrected chi connectivity index (χ3v) is 2.79. The summed E-state index contributed by atoms with van der Waals surface area (Å²) >= 11 is 3.35. The van der Waals surface area contributed by atoms with Crippen molar-refractivity contribution < 1.29 is 14.3 Å². The summed E-state index contributed by atoms with van der Waals surface area (Å²) in [7, 11) is 1.45. The number of aromatic nitrogens is 3. The van der Waals surface area contributed by atoms with E-state index in [4.69, 9.17) is 9.47 Å². The number of benzene rings is 1. The first kappa shape index (κ1) is 14.3. The van der Waals surface area contributed by atoms with Gasteiger partial charge in [-0.2, -0.15) is 4.98 Å². The summed E-state index contributed by atoms with van der Waals surface area (Å²) in [5.41, 5.74) is 0. The van der Waals surface area contributed by atoms with Crippen LogP contribution in [0.2, 0.25) is 0 Å². The fraction of sp³-hybridized carbons (Fsp3) is 0.250. The molecule has 0 aliphatic heterocycles. The number of carbonyl (C=O) groups excluding carboxylic acids is 1. The van der Waals surface area contributed by atoms with E-state index in [0.717, 1.165) is 4.47 Å². The molecule has 106 valence electrons. The third kappa shape index (κ3) is 4.23. The Balaban J connectivity index is 1.75. The predicted octanol–water partition coefficient (Wildman–Crippen LogP) is 1.98. The zero-order chi connectivity index (χ0) is 14.4. The van der Waals surface area contributed by atoms with Gasteiger partial charge in [0.25, 0.3) is 0 Å². The fourth-order valence-electron chi connectivity index (χ4n) is 1.41. The monoisotopic (exact) mass is 340 g/mol. The molecule has 2 N–H and O–H groups in total. The molecule has 0 aliphatic carbocycles. The van der Waals surface area contributed by atoms with Crippen LogP contribution in [-0.2, 0) is 4.79 Å². The number of H-pyrrole nitrogens is 1. The molecule has 0 fully saturated rings. The van der Waals surface area contributed by atoms with E-state index in [1.54, 1.807) is 0 Å². The van der Waals surface area contributed by atoms with Gasteiger partial charge >= 0.3 is 6.01 Å². The molecular formula is C12H13BrN4O3. The van der Waals surface area contributed by atoms with Crippen LogP contribution >= 0.6 is 15.9 Å². The number of hydrogen-bond donors (Lipinski definition) is 2. The number of carbonyl (C=O) groups is 1.